The number of anilines is 1. The molecule has 2 heterocycles. The molecule has 1 aromatic carbocycles. The molecule has 2 aliphatic rings. The molecule has 12 nitrogen and oxygen atoms in total. The normalized spacial score (nSPS) is 20.8. The molecule has 0 saturated carbocycles. The molecule has 1 N–H and O–H groups in total. The minimum atomic E-state index is -1.24. The second kappa shape index (κ2) is 11.1. The first-order chi connectivity index (χ1) is 18.1. The molecule has 200 valence electrons. The van der Waals surface area contributed by atoms with E-state index in [0.29, 0.717) is 18.4 Å². The highest BCUT2D eigenvalue weighted by atomic mass is 79.9. The van der Waals surface area contributed by atoms with Crippen molar-refractivity contribution in [2.45, 2.75) is 43.6 Å². The topological polar surface area (TPSA) is 163 Å². The van der Waals surface area contributed by atoms with Crippen LogP contribution in [0.15, 0.2) is 22.7 Å². The number of carboxylic acid groups (broad SMARTS) is 1. The van der Waals surface area contributed by atoms with Gasteiger partial charge in [0.2, 0.25) is 11.1 Å². The molecule has 1 aromatic heterocycles. The van der Waals surface area contributed by atoms with Crippen LogP contribution in [-0.2, 0) is 27.8 Å². The molecule has 1 fully saturated rings. The number of carbonyl (C=O) groups is 2. The van der Waals surface area contributed by atoms with E-state index in [1.165, 1.54) is 7.11 Å². The molecule has 1 aliphatic carbocycles. The van der Waals surface area contributed by atoms with Crippen LogP contribution in [0.3, 0.4) is 0 Å². The molecule has 1 amide bonds. The Morgan fingerprint density at radius 2 is 2.16 bits per heavy atom. The zero-order valence-corrected chi connectivity index (χ0v) is 22.7. The van der Waals surface area contributed by atoms with Gasteiger partial charge < -0.3 is 19.6 Å². The van der Waals surface area contributed by atoms with Gasteiger partial charge in [0.1, 0.15) is 5.69 Å². The molecular weight excluding hydrogens is 584 g/mol. The number of aromatic nitrogens is 2. The Labute approximate surface area is 231 Å². The fourth-order valence-electron chi connectivity index (χ4n) is 5.48. The van der Waals surface area contributed by atoms with Crippen LogP contribution in [0.2, 0.25) is 5.28 Å². The SMILES string of the molecule is COC(=O)C1(Cc2nc(Cl)nc(N3CCN(C(=O)O)[C@@H](CC#N)C3)c2[N+](=O)[O-])CCCc2c(Br)cccc21. The number of piperazine rings is 1. The van der Waals surface area contributed by atoms with E-state index in [1.807, 2.05) is 18.2 Å². The third-order valence-electron chi connectivity index (χ3n) is 7.16. The second-order valence-corrected chi connectivity index (χ2v) is 10.4. The monoisotopic (exact) mass is 606 g/mol. The van der Waals surface area contributed by atoms with Crippen LogP contribution in [0.25, 0.3) is 0 Å². The molecule has 4 rings (SSSR count). The number of halogens is 2. The lowest BCUT2D eigenvalue weighted by molar-refractivity contribution is -0.385. The van der Waals surface area contributed by atoms with Crippen LogP contribution in [-0.4, -0.2) is 69.7 Å². The van der Waals surface area contributed by atoms with Crippen LogP contribution >= 0.6 is 27.5 Å². The first kappa shape index (κ1) is 27.5. The molecule has 2 atom stereocenters. The van der Waals surface area contributed by atoms with E-state index in [0.717, 1.165) is 21.4 Å². The number of amides is 1. The standard InChI is InChI=1S/C24H24BrClN6O6/c1-38-21(33)24(8-3-4-15-16(24)5-2-6-17(15)25)12-18-19(32(36)37)20(29-22(26)28-18)30-10-11-31(23(34)35)14(13-30)7-9-27/h2,5-6,14H,3-4,7-8,10-13H2,1H3,(H,34,35)/t14-,24?/m0/s1. The van der Waals surface area contributed by atoms with Crippen LogP contribution in [0.1, 0.15) is 36.1 Å². The van der Waals surface area contributed by atoms with Crippen molar-refractivity contribution in [3.63, 3.8) is 0 Å². The molecule has 1 saturated heterocycles. The lowest BCUT2D eigenvalue weighted by atomic mass is 9.67. The predicted molar refractivity (Wildman–Crippen MR) is 139 cm³/mol. The maximum absolute atomic E-state index is 13.3. The Morgan fingerprint density at radius 1 is 1.39 bits per heavy atom. The average Bonchev–Trinajstić information content (AvgIpc) is 2.88. The fourth-order valence-corrected chi connectivity index (χ4v) is 6.23. The molecule has 38 heavy (non-hydrogen) atoms. The van der Waals surface area contributed by atoms with Crippen molar-refractivity contribution in [3.8, 4) is 6.07 Å². The van der Waals surface area contributed by atoms with Crippen molar-refractivity contribution >= 4 is 51.1 Å². The largest absolute Gasteiger partial charge is 0.468 e. The van der Waals surface area contributed by atoms with Gasteiger partial charge in [0.15, 0.2) is 0 Å². The van der Waals surface area contributed by atoms with E-state index in [4.69, 9.17) is 16.3 Å². The Hall–Kier alpha value is -3.50. The van der Waals surface area contributed by atoms with E-state index in [9.17, 15) is 30.1 Å². The summed E-state index contributed by atoms with van der Waals surface area (Å²) in [5.41, 5.74) is -0.0481. The van der Waals surface area contributed by atoms with Gasteiger partial charge in [-0.2, -0.15) is 10.2 Å². The Kier molecular flexibility index (Phi) is 8.03. The van der Waals surface area contributed by atoms with Crippen molar-refractivity contribution < 1.29 is 24.4 Å². The average molecular weight is 608 g/mol. The van der Waals surface area contributed by atoms with Crippen LogP contribution in [0, 0.1) is 21.4 Å². The van der Waals surface area contributed by atoms with Gasteiger partial charge in [0.05, 0.1) is 36.0 Å². The maximum atomic E-state index is 13.3. The van der Waals surface area contributed by atoms with Gasteiger partial charge in [-0.1, -0.05) is 28.1 Å². The van der Waals surface area contributed by atoms with Crippen LogP contribution in [0.5, 0.6) is 0 Å². The minimum absolute atomic E-state index is 0.00536. The smallest absolute Gasteiger partial charge is 0.407 e. The highest BCUT2D eigenvalue weighted by Crippen LogP contribution is 2.45. The number of fused-ring (bicyclic) bond motifs is 1. The van der Waals surface area contributed by atoms with E-state index in [1.54, 1.807) is 11.0 Å². The number of methoxy groups -OCH3 is 1. The fraction of sp³-hybridized carbons (Fsp3) is 0.458. The zero-order chi connectivity index (χ0) is 27.6. The summed E-state index contributed by atoms with van der Waals surface area (Å²) in [6.45, 7) is 0.120. The molecular formula is C24H24BrClN6O6. The molecule has 2 aromatic rings. The molecule has 0 radical (unpaired) electrons. The highest BCUT2D eigenvalue weighted by Gasteiger charge is 2.47. The number of hydrogen-bond acceptors (Lipinski definition) is 9. The summed E-state index contributed by atoms with van der Waals surface area (Å²) in [5, 5.41) is 30.9. The van der Waals surface area contributed by atoms with Crippen molar-refractivity contribution in [3.05, 3.63) is 54.9 Å². The Balaban J connectivity index is 1.83. The van der Waals surface area contributed by atoms with Gasteiger partial charge in [0.25, 0.3) is 0 Å². The Bertz CT molecular complexity index is 1340. The third-order valence-corrected chi connectivity index (χ3v) is 8.07. The number of nitriles is 1. The summed E-state index contributed by atoms with van der Waals surface area (Å²) in [6, 6.07) is 6.75. The number of carbonyl (C=O) groups excluding carboxylic acids is 1. The lowest BCUT2D eigenvalue weighted by Crippen LogP contribution is -2.55. The number of hydrogen-bond donors (Lipinski definition) is 1. The van der Waals surface area contributed by atoms with Crippen molar-refractivity contribution in [1.82, 2.24) is 14.9 Å². The van der Waals surface area contributed by atoms with Crippen molar-refractivity contribution in [1.29, 1.82) is 5.26 Å². The first-order valence-electron chi connectivity index (χ1n) is 11.8. The molecule has 1 unspecified atom stereocenters. The van der Waals surface area contributed by atoms with E-state index in [-0.39, 0.29) is 49.3 Å². The predicted octanol–water partition coefficient (Wildman–Crippen LogP) is 3.87. The van der Waals surface area contributed by atoms with E-state index >= 15 is 0 Å². The first-order valence-corrected chi connectivity index (χ1v) is 13.0. The minimum Gasteiger partial charge on any atom is -0.468 e. The molecule has 1 aliphatic heterocycles. The van der Waals surface area contributed by atoms with Crippen molar-refractivity contribution in [2.24, 2.45) is 0 Å². The Morgan fingerprint density at radius 3 is 2.82 bits per heavy atom. The van der Waals surface area contributed by atoms with Crippen molar-refractivity contribution in [2.75, 3.05) is 31.6 Å². The summed E-state index contributed by atoms with van der Waals surface area (Å²) < 4.78 is 6.04. The quantitative estimate of drug-likeness (QED) is 0.221. The summed E-state index contributed by atoms with van der Waals surface area (Å²) >= 11 is 9.83. The molecule has 0 bridgehead atoms. The zero-order valence-electron chi connectivity index (χ0n) is 20.4. The number of ether oxygens (including phenoxy) is 1. The number of nitrogens with zero attached hydrogens (tertiary/aromatic N) is 6. The maximum Gasteiger partial charge on any atom is 0.407 e. The summed E-state index contributed by atoms with van der Waals surface area (Å²) in [5.74, 6) is -0.616. The van der Waals surface area contributed by atoms with Crippen LogP contribution < -0.4 is 4.90 Å². The third kappa shape index (κ3) is 4.98. The van der Waals surface area contributed by atoms with Gasteiger partial charge in [0, 0.05) is 30.5 Å². The summed E-state index contributed by atoms with van der Waals surface area (Å²) in [4.78, 5) is 47.9. The lowest BCUT2D eigenvalue weighted by Gasteiger charge is -2.39. The second-order valence-electron chi connectivity index (χ2n) is 9.18. The number of nitro groups is 1. The van der Waals surface area contributed by atoms with Crippen LogP contribution in [0.4, 0.5) is 16.3 Å². The van der Waals surface area contributed by atoms with E-state index in [2.05, 4.69) is 25.9 Å². The number of rotatable bonds is 6. The molecule has 0 spiro atoms. The van der Waals surface area contributed by atoms with Gasteiger partial charge in [-0.3, -0.25) is 14.9 Å². The van der Waals surface area contributed by atoms with Gasteiger partial charge in [-0.25, -0.2) is 9.78 Å². The number of esters is 1. The number of benzene rings is 1. The van der Waals surface area contributed by atoms with E-state index < -0.39 is 34.1 Å². The van der Waals surface area contributed by atoms with Gasteiger partial charge >= 0.3 is 17.7 Å². The molecule has 14 heteroatoms. The van der Waals surface area contributed by atoms with Gasteiger partial charge in [-0.15, -0.1) is 0 Å². The summed E-state index contributed by atoms with van der Waals surface area (Å²) in [7, 11) is 1.28. The highest BCUT2D eigenvalue weighted by molar-refractivity contribution is 9.10. The summed E-state index contributed by atoms with van der Waals surface area (Å²) in [6.07, 6.45) is 0.338. The van der Waals surface area contributed by atoms with Gasteiger partial charge in [-0.05, 0) is 48.1 Å².